The first-order chi connectivity index (χ1) is 15.2. The van der Waals surface area contributed by atoms with Gasteiger partial charge in [-0.05, 0) is 47.7 Å². The van der Waals surface area contributed by atoms with Crippen LogP contribution in [0.2, 0.25) is 0 Å². The predicted molar refractivity (Wildman–Crippen MR) is 123 cm³/mol. The fraction of sp³-hybridized carbons (Fsp3) is 0.346. The van der Waals surface area contributed by atoms with Gasteiger partial charge in [0, 0.05) is 51.3 Å². The molecule has 1 saturated heterocycles. The van der Waals surface area contributed by atoms with Gasteiger partial charge >= 0.3 is 0 Å². The standard InChI is InChI=1S/C26H30N4O/c1-2-14-30-16-15-29(20-25-7-3-4-13-28-25)19-24(26(30)31)17-21-8-10-22(11-9-21)23-6-5-12-27-18-23/h3-13,18,24H,2,14-17,19-20H2,1H3. The average Bonchev–Trinajstić information content (AvgIpc) is 2.95. The van der Waals surface area contributed by atoms with Crippen LogP contribution in [0.1, 0.15) is 24.6 Å². The minimum absolute atomic E-state index is 0.0398. The van der Waals surface area contributed by atoms with Crippen LogP contribution in [-0.4, -0.2) is 51.9 Å². The minimum atomic E-state index is -0.0398. The molecule has 0 aliphatic carbocycles. The smallest absolute Gasteiger partial charge is 0.227 e. The van der Waals surface area contributed by atoms with Crippen LogP contribution in [0.25, 0.3) is 11.1 Å². The molecule has 160 valence electrons. The zero-order valence-corrected chi connectivity index (χ0v) is 18.2. The number of hydrogen-bond donors (Lipinski definition) is 0. The SMILES string of the molecule is CCCN1CCN(Cc2ccccn2)CC(Cc2ccc(-c3cccnc3)cc2)C1=O. The van der Waals surface area contributed by atoms with Crippen molar-refractivity contribution in [2.45, 2.75) is 26.3 Å². The lowest BCUT2D eigenvalue weighted by atomic mass is 9.96. The third-order valence-corrected chi connectivity index (χ3v) is 5.86. The van der Waals surface area contributed by atoms with Gasteiger partial charge in [-0.2, -0.15) is 0 Å². The third-order valence-electron chi connectivity index (χ3n) is 5.86. The third kappa shape index (κ3) is 5.56. The summed E-state index contributed by atoms with van der Waals surface area (Å²) < 4.78 is 0. The van der Waals surface area contributed by atoms with Crippen LogP contribution in [0.15, 0.2) is 73.2 Å². The second kappa shape index (κ2) is 10.3. The largest absolute Gasteiger partial charge is 0.341 e. The number of benzene rings is 1. The van der Waals surface area contributed by atoms with Crippen LogP contribution < -0.4 is 0 Å². The summed E-state index contributed by atoms with van der Waals surface area (Å²) in [6, 6.07) is 18.6. The molecule has 1 atom stereocenters. The first-order valence-corrected chi connectivity index (χ1v) is 11.1. The molecule has 4 rings (SSSR count). The lowest BCUT2D eigenvalue weighted by Crippen LogP contribution is -2.37. The molecule has 0 spiro atoms. The number of aromatic nitrogens is 2. The van der Waals surface area contributed by atoms with E-state index in [1.165, 1.54) is 5.56 Å². The molecule has 0 radical (unpaired) electrons. The molecule has 0 bridgehead atoms. The molecule has 2 aromatic heterocycles. The van der Waals surface area contributed by atoms with Crippen molar-refractivity contribution in [3.63, 3.8) is 0 Å². The predicted octanol–water partition coefficient (Wildman–Crippen LogP) is 4.06. The highest BCUT2D eigenvalue weighted by molar-refractivity contribution is 5.79. The molecule has 5 nitrogen and oxygen atoms in total. The quantitative estimate of drug-likeness (QED) is 0.585. The van der Waals surface area contributed by atoms with Gasteiger partial charge in [0.2, 0.25) is 5.91 Å². The first kappa shape index (κ1) is 21.2. The summed E-state index contributed by atoms with van der Waals surface area (Å²) in [5, 5.41) is 0. The van der Waals surface area contributed by atoms with Crippen molar-refractivity contribution in [3.05, 3.63) is 84.4 Å². The van der Waals surface area contributed by atoms with E-state index in [9.17, 15) is 4.79 Å². The van der Waals surface area contributed by atoms with Crippen molar-refractivity contribution >= 4 is 5.91 Å². The molecule has 3 aromatic rings. The van der Waals surface area contributed by atoms with Gasteiger partial charge in [0.15, 0.2) is 0 Å². The molecule has 31 heavy (non-hydrogen) atoms. The Labute approximate surface area is 184 Å². The zero-order chi connectivity index (χ0) is 21.5. The van der Waals surface area contributed by atoms with Gasteiger partial charge in [-0.3, -0.25) is 19.7 Å². The number of pyridine rings is 2. The Balaban J connectivity index is 1.49. The Bertz CT molecular complexity index is 960. The molecule has 0 N–H and O–H groups in total. The van der Waals surface area contributed by atoms with E-state index in [4.69, 9.17) is 0 Å². The second-order valence-electron chi connectivity index (χ2n) is 8.22. The van der Waals surface area contributed by atoms with Crippen molar-refractivity contribution in [1.29, 1.82) is 0 Å². The Morgan fingerprint density at radius 3 is 2.55 bits per heavy atom. The van der Waals surface area contributed by atoms with Gasteiger partial charge in [0.1, 0.15) is 0 Å². The van der Waals surface area contributed by atoms with Crippen molar-refractivity contribution in [1.82, 2.24) is 19.8 Å². The number of rotatable bonds is 7. The van der Waals surface area contributed by atoms with E-state index in [1.807, 2.05) is 35.5 Å². The normalized spacial score (nSPS) is 17.5. The van der Waals surface area contributed by atoms with E-state index < -0.39 is 0 Å². The molecule has 0 saturated carbocycles. The second-order valence-corrected chi connectivity index (χ2v) is 8.22. The van der Waals surface area contributed by atoms with Crippen LogP contribution in [-0.2, 0) is 17.8 Å². The molecule has 1 aromatic carbocycles. The Kier molecular flexibility index (Phi) is 7.05. The molecule has 1 amide bonds. The van der Waals surface area contributed by atoms with Gasteiger partial charge in [-0.25, -0.2) is 0 Å². The molecule has 3 heterocycles. The highest BCUT2D eigenvalue weighted by Gasteiger charge is 2.30. The lowest BCUT2D eigenvalue weighted by Gasteiger charge is -2.24. The number of amides is 1. The molecule has 1 fully saturated rings. The van der Waals surface area contributed by atoms with E-state index in [0.717, 1.165) is 62.4 Å². The van der Waals surface area contributed by atoms with E-state index >= 15 is 0 Å². The van der Waals surface area contributed by atoms with Crippen LogP contribution >= 0.6 is 0 Å². The maximum Gasteiger partial charge on any atom is 0.227 e. The van der Waals surface area contributed by atoms with Gasteiger partial charge in [-0.1, -0.05) is 43.3 Å². The zero-order valence-electron chi connectivity index (χ0n) is 18.2. The lowest BCUT2D eigenvalue weighted by molar-refractivity contribution is -0.134. The van der Waals surface area contributed by atoms with Gasteiger partial charge < -0.3 is 4.90 Å². The molecule has 5 heteroatoms. The van der Waals surface area contributed by atoms with Crippen molar-refractivity contribution in [2.75, 3.05) is 26.2 Å². The van der Waals surface area contributed by atoms with Crippen molar-refractivity contribution in [3.8, 4) is 11.1 Å². The molecule has 1 aliphatic heterocycles. The summed E-state index contributed by atoms with van der Waals surface area (Å²) in [6.07, 6.45) is 7.24. The molecular weight excluding hydrogens is 384 g/mol. The van der Waals surface area contributed by atoms with Crippen LogP contribution in [0, 0.1) is 5.92 Å². The molecule has 1 aliphatic rings. The van der Waals surface area contributed by atoms with Gasteiger partial charge in [0.05, 0.1) is 11.6 Å². The Morgan fingerprint density at radius 1 is 0.968 bits per heavy atom. The number of carbonyl (C=O) groups is 1. The highest BCUT2D eigenvalue weighted by Crippen LogP contribution is 2.22. The van der Waals surface area contributed by atoms with Crippen LogP contribution in [0.5, 0.6) is 0 Å². The minimum Gasteiger partial charge on any atom is -0.341 e. The van der Waals surface area contributed by atoms with E-state index in [1.54, 1.807) is 6.20 Å². The summed E-state index contributed by atoms with van der Waals surface area (Å²) in [5.41, 5.74) is 4.50. The summed E-state index contributed by atoms with van der Waals surface area (Å²) in [7, 11) is 0. The first-order valence-electron chi connectivity index (χ1n) is 11.1. The number of carbonyl (C=O) groups excluding carboxylic acids is 1. The highest BCUT2D eigenvalue weighted by atomic mass is 16.2. The fourth-order valence-corrected chi connectivity index (χ4v) is 4.27. The average molecular weight is 415 g/mol. The van der Waals surface area contributed by atoms with Gasteiger partial charge in [0.25, 0.3) is 0 Å². The van der Waals surface area contributed by atoms with Crippen LogP contribution in [0.4, 0.5) is 0 Å². The fourth-order valence-electron chi connectivity index (χ4n) is 4.27. The summed E-state index contributed by atoms with van der Waals surface area (Å²) >= 11 is 0. The molecular formula is C26H30N4O. The van der Waals surface area contributed by atoms with Crippen molar-refractivity contribution < 1.29 is 4.79 Å². The molecule has 1 unspecified atom stereocenters. The van der Waals surface area contributed by atoms with E-state index in [2.05, 4.69) is 58.2 Å². The maximum atomic E-state index is 13.3. The Morgan fingerprint density at radius 2 is 1.84 bits per heavy atom. The summed E-state index contributed by atoms with van der Waals surface area (Å²) in [6.45, 7) is 6.18. The Hall–Kier alpha value is -3.05. The maximum absolute atomic E-state index is 13.3. The van der Waals surface area contributed by atoms with Crippen LogP contribution in [0.3, 0.4) is 0 Å². The topological polar surface area (TPSA) is 49.3 Å². The number of nitrogens with zero attached hydrogens (tertiary/aromatic N) is 4. The van der Waals surface area contributed by atoms with Gasteiger partial charge in [-0.15, -0.1) is 0 Å². The van der Waals surface area contributed by atoms with Crippen molar-refractivity contribution in [2.24, 2.45) is 5.92 Å². The summed E-state index contributed by atoms with van der Waals surface area (Å²) in [5.74, 6) is 0.240. The number of hydrogen-bond acceptors (Lipinski definition) is 4. The van der Waals surface area contributed by atoms with E-state index in [-0.39, 0.29) is 11.8 Å². The van der Waals surface area contributed by atoms with E-state index in [0.29, 0.717) is 0 Å². The monoisotopic (exact) mass is 414 g/mol. The summed E-state index contributed by atoms with van der Waals surface area (Å²) in [4.78, 5) is 26.4.